The fourth-order valence-electron chi connectivity index (χ4n) is 2.79. The smallest absolute Gasteiger partial charge is 0.225 e. The third kappa shape index (κ3) is 3.48. The molecule has 2 aromatic heterocycles. The average molecular weight is 321 g/mol. The van der Waals surface area contributed by atoms with Crippen molar-refractivity contribution in [3.8, 4) is 11.3 Å². The fraction of sp³-hybridized carbons (Fsp3) is 0.300. The second-order valence-electron chi connectivity index (χ2n) is 6.11. The minimum atomic E-state index is 0.0445. The van der Waals surface area contributed by atoms with Crippen molar-refractivity contribution in [1.29, 1.82) is 0 Å². The Morgan fingerprint density at radius 2 is 1.96 bits per heavy atom. The van der Waals surface area contributed by atoms with Crippen LogP contribution >= 0.6 is 0 Å². The van der Waals surface area contributed by atoms with Gasteiger partial charge in [0.1, 0.15) is 17.2 Å². The number of hydrogen-bond acceptors (Lipinski definition) is 2. The number of amides is 1. The highest BCUT2D eigenvalue weighted by Gasteiger charge is 2.16. The molecule has 0 saturated heterocycles. The van der Waals surface area contributed by atoms with Crippen molar-refractivity contribution < 1.29 is 4.79 Å². The van der Waals surface area contributed by atoms with Crippen LogP contribution in [0.2, 0.25) is 0 Å². The number of benzene rings is 1. The van der Waals surface area contributed by atoms with Crippen molar-refractivity contribution >= 4 is 17.4 Å². The van der Waals surface area contributed by atoms with Gasteiger partial charge in [-0.1, -0.05) is 50.1 Å². The first-order valence-corrected chi connectivity index (χ1v) is 8.53. The van der Waals surface area contributed by atoms with Gasteiger partial charge in [0, 0.05) is 18.2 Å². The molecule has 3 aromatic rings. The lowest BCUT2D eigenvalue weighted by Crippen LogP contribution is -2.13. The maximum Gasteiger partial charge on any atom is 0.225 e. The number of nitrogens with zero attached hydrogens (tertiary/aromatic N) is 2. The van der Waals surface area contributed by atoms with Gasteiger partial charge in [0.25, 0.3) is 0 Å². The van der Waals surface area contributed by atoms with Crippen LogP contribution in [0.25, 0.3) is 16.9 Å². The Bertz CT molecular complexity index is 837. The molecule has 0 bridgehead atoms. The molecule has 124 valence electrons. The Labute approximate surface area is 142 Å². The summed E-state index contributed by atoms with van der Waals surface area (Å²) in [6.07, 6.45) is 5.61. The first-order chi connectivity index (χ1) is 11.7. The highest BCUT2D eigenvalue weighted by Crippen LogP contribution is 2.29. The molecule has 0 spiro atoms. The maximum atomic E-state index is 12.3. The monoisotopic (exact) mass is 321 g/mol. The van der Waals surface area contributed by atoms with E-state index in [-0.39, 0.29) is 5.91 Å². The second-order valence-corrected chi connectivity index (χ2v) is 6.11. The van der Waals surface area contributed by atoms with Crippen LogP contribution in [0.1, 0.15) is 38.2 Å². The van der Waals surface area contributed by atoms with E-state index in [1.54, 1.807) is 0 Å². The van der Waals surface area contributed by atoms with Gasteiger partial charge in [-0.3, -0.25) is 9.20 Å². The van der Waals surface area contributed by atoms with Crippen molar-refractivity contribution in [2.24, 2.45) is 0 Å². The van der Waals surface area contributed by atoms with E-state index in [0.717, 1.165) is 47.5 Å². The van der Waals surface area contributed by atoms with Crippen LogP contribution in [0.5, 0.6) is 0 Å². The van der Waals surface area contributed by atoms with Crippen LogP contribution < -0.4 is 5.32 Å². The number of aromatic nitrogens is 2. The normalized spacial score (nSPS) is 10.9. The molecule has 0 aliphatic heterocycles. The zero-order valence-corrected chi connectivity index (χ0v) is 14.2. The molecule has 1 amide bonds. The molecule has 2 heterocycles. The molecule has 1 N–H and O–H groups in total. The number of carbonyl (C=O) groups excluding carboxylic acids is 1. The number of fused-ring (bicyclic) bond motifs is 1. The second kappa shape index (κ2) is 7.30. The molecule has 4 nitrogen and oxygen atoms in total. The zero-order valence-electron chi connectivity index (χ0n) is 14.2. The summed E-state index contributed by atoms with van der Waals surface area (Å²) in [4.78, 5) is 17.1. The number of rotatable bonds is 6. The summed E-state index contributed by atoms with van der Waals surface area (Å²) >= 11 is 0. The fourth-order valence-corrected chi connectivity index (χ4v) is 2.79. The lowest BCUT2D eigenvalue weighted by atomic mass is 10.1. The van der Waals surface area contributed by atoms with E-state index >= 15 is 0 Å². The van der Waals surface area contributed by atoms with Gasteiger partial charge in [-0.2, -0.15) is 0 Å². The minimum absolute atomic E-state index is 0.0445. The molecule has 0 unspecified atom stereocenters. The zero-order chi connectivity index (χ0) is 16.9. The van der Waals surface area contributed by atoms with Crippen LogP contribution in [0.4, 0.5) is 5.82 Å². The number of hydrogen-bond donors (Lipinski definition) is 1. The third-order valence-electron chi connectivity index (χ3n) is 4.09. The predicted octanol–water partition coefficient (Wildman–Crippen LogP) is 4.83. The summed E-state index contributed by atoms with van der Waals surface area (Å²) < 4.78 is 1.95. The van der Waals surface area contributed by atoms with Crippen molar-refractivity contribution in [2.75, 3.05) is 5.32 Å². The Morgan fingerprint density at radius 1 is 1.17 bits per heavy atom. The van der Waals surface area contributed by atoms with Crippen molar-refractivity contribution in [3.05, 3.63) is 54.2 Å². The van der Waals surface area contributed by atoms with Gasteiger partial charge in [-0.25, -0.2) is 4.98 Å². The van der Waals surface area contributed by atoms with E-state index in [0.29, 0.717) is 6.42 Å². The Balaban J connectivity index is 1.99. The van der Waals surface area contributed by atoms with Gasteiger partial charge in [-0.15, -0.1) is 0 Å². The van der Waals surface area contributed by atoms with Gasteiger partial charge in [0.05, 0.1) is 0 Å². The first kappa shape index (κ1) is 16.2. The van der Waals surface area contributed by atoms with Crippen LogP contribution in [0, 0.1) is 6.92 Å². The average Bonchev–Trinajstić information content (AvgIpc) is 2.93. The molecule has 0 atom stereocenters. The lowest BCUT2D eigenvalue weighted by molar-refractivity contribution is -0.116. The van der Waals surface area contributed by atoms with Gasteiger partial charge in [0.2, 0.25) is 5.91 Å². The Kier molecular flexibility index (Phi) is 4.94. The van der Waals surface area contributed by atoms with Crippen LogP contribution in [-0.4, -0.2) is 15.3 Å². The third-order valence-corrected chi connectivity index (χ3v) is 4.09. The highest BCUT2D eigenvalue weighted by atomic mass is 16.1. The molecule has 0 aliphatic carbocycles. The number of pyridine rings is 1. The molecule has 0 fully saturated rings. The minimum Gasteiger partial charge on any atom is -0.310 e. The van der Waals surface area contributed by atoms with E-state index in [1.165, 1.54) is 0 Å². The largest absolute Gasteiger partial charge is 0.310 e. The number of nitrogens with one attached hydrogen (secondary N) is 1. The molecule has 1 aromatic carbocycles. The Hall–Kier alpha value is -2.62. The summed E-state index contributed by atoms with van der Waals surface area (Å²) in [7, 11) is 0. The molecule has 3 rings (SSSR count). The van der Waals surface area contributed by atoms with Crippen LogP contribution in [-0.2, 0) is 4.79 Å². The van der Waals surface area contributed by atoms with Crippen LogP contribution in [0.3, 0.4) is 0 Å². The van der Waals surface area contributed by atoms with Gasteiger partial charge in [0.15, 0.2) is 0 Å². The van der Waals surface area contributed by atoms with Crippen molar-refractivity contribution in [3.63, 3.8) is 0 Å². The number of anilines is 1. The number of aryl methyl sites for hydroxylation is 1. The highest BCUT2D eigenvalue weighted by molar-refractivity contribution is 5.94. The Morgan fingerprint density at radius 3 is 2.71 bits per heavy atom. The lowest BCUT2D eigenvalue weighted by Gasteiger charge is -2.08. The van der Waals surface area contributed by atoms with Gasteiger partial charge < -0.3 is 5.32 Å². The standard InChI is InChI=1S/C20H23N3O/c1-3-4-6-11-18(24)22-20-19(16-9-7-5-8-10-16)21-17-14-15(2)12-13-23(17)20/h5,7-10,12-14H,3-4,6,11H2,1-2H3,(H,22,24). The predicted molar refractivity (Wildman–Crippen MR) is 98.1 cm³/mol. The van der Waals surface area contributed by atoms with E-state index in [9.17, 15) is 4.79 Å². The molecule has 4 heteroatoms. The molecule has 0 radical (unpaired) electrons. The summed E-state index contributed by atoms with van der Waals surface area (Å²) in [5, 5.41) is 3.07. The van der Waals surface area contributed by atoms with Crippen LogP contribution in [0.15, 0.2) is 48.7 Å². The van der Waals surface area contributed by atoms with Gasteiger partial charge >= 0.3 is 0 Å². The topological polar surface area (TPSA) is 46.4 Å². The summed E-state index contributed by atoms with van der Waals surface area (Å²) in [6, 6.07) is 14.0. The number of imidazole rings is 1. The summed E-state index contributed by atoms with van der Waals surface area (Å²) in [5.41, 5.74) is 3.80. The number of carbonyl (C=O) groups is 1. The quantitative estimate of drug-likeness (QED) is 0.661. The van der Waals surface area contributed by atoms with Gasteiger partial charge in [-0.05, 0) is 31.0 Å². The maximum absolute atomic E-state index is 12.3. The van der Waals surface area contributed by atoms with E-state index in [2.05, 4.69) is 12.2 Å². The van der Waals surface area contributed by atoms with E-state index in [4.69, 9.17) is 4.98 Å². The van der Waals surface area contributed by atoms with E-state index in [1.807, 2.05) is 60.0 Å². The number of unbranched alkanes of at least 4 members (excludes halogenated alkanes) is 2. The first-order valence-electron chi connectivity index (χ1n) is 8.53. The van der Waals surface area contributed by atoms with Crippen molar-refractivity contribution in [2.45, 2.75) is 39.5 Å². The molecular weight excluding hydrogens is 298 g/mol. The molecule has 0 saturated carbocycles. The molecule has 24 heavy (non-hydrogen) atoms. The summed E-state index contributed by atoms with van der Waals surface area (Å²) in [6.45, 7) is 4.18. The summed E-state index contributed by atoms with van der Waals surface area (Å²) in [5.74, 6) is 0.792. The van der Waals surface area contributed by atoms with Crippen molar-refractivity contribution in [1.82, 2.24) is 9.38 Å². The SMILES string of the molecule is CCCCCC(=O)Nc1c(-c2ccccc2)nc2cc(C)ccn12. The van der Waals surface area contributed by atoms with E-state index < -0.39 is 0 Å². The molecular formula is C20H23N3O. The molecule has 0 aliphatic rings.